The lowest BCUT2D eigenvalue weighted by molar-refractivity contribution is -0.152. The van der Waals surface area contributed by atoms with Gasteiger partial charge in [0.2, 0.25) is 0 Å². The molecule has 0 aliphatic rings. The predicted molar refractivity (Wildman–Crippen MR) is 53.8 cm³/mol. The largest absolute Gasteiger partial charge is 0.469 e. The number of methoxy groups -OCH3 is 1. The minimum absolute atomic E-state index is 0.00963. The quantitative estimate of drug-likeness (QED) is 0.566. The molecule has 0 aliphatic heterocycles. The van der Waals surface area contributed by atoms with Gasteiger partial charge >= 0.3 is 5.97 Å². The first-order valence-electron chi connectivity index (χ1n) is 4.06. The zero-order chi connectivity index (χ0) is 10.6. The molecule has 0 radical (unpaired) electrons. The number of carbonyl (C=O) groups is 2. The van der Waals surface area contributed by atoms with E-state index >= 15 is 0 Å². The summed E-state index contributed by atoms with van der Waals surface area (Å²) in [4.78, 5) is 22.3. The Bertz CT molecular complexity index is 209. The van der Waals surface area contributed by atoms with Crippen LogP contribution in [0.3, 0.4) is 0 Å². The Balaban J connectivity index is 4.33. The maximum Gasteiger partial charge on any atom is 0.311 e. The summed E-state index contributed by atoms with van der Waals surface area (Å²) in [7, 11) is 1.33. The summed E-state index contributed by atoms with van der Waals surface area (Å²) >= 11 is 3.16. The van der Waals surface area contributed by atoms with Crippen molar-refractivity contribution >= 4 is 27.7 Å². The van der Waals surface area contributed by atoms with Gasteiger partial charge in [-0.15, -0.1) is 0 Å². The topological polar surface area (TPSA) is 43.4 Å². The smallest absolute Gasteiger partial charge is 0.311 e. The van der Waals surface area contributed by atoms with Crippen molar-refractivity contribution in [1.82, 2.24) is 0 Å². The van der Waals surface area contributed by atoms with E-state index in [0.717, 1.165) is 0 Å². The van der Waals surface area contributed by atoms with Gasteiger partial charge in [-0.1, -0.05) is 15.9 Å². The average molecular weight is 251 g/mol. The summed E-state index contributed by atoms with van der Waals surface area (Å²) in [6, 6.07) is 0. The molecule has 0 aromatic carbocycles. The number of hydrogen-bond donors (Lipinski definition) is 0. The van der Waals surface area contributed by atoms with Gasteiger partial charge < -0.3 is 4.74 Å². The van der Waals surface area contributed by atoms with Gasteiger partial charge in [-0.2, -0.15) is 0 Å². The van der Waals surface area contributed by atoms with Crippen LogP contribution in [-0.2, 0) is 14.3 Å². The SMILES string of the molecule is COC(=O)C(C)(C)CC(=O)C(C)Br. The number of carbonyl (C=O) groups excluding carboxylic acids is 2. The zero-order valence-corrected chi connectivity index (χ0v) is 9.97. The molecule has 3 nitrogen and oxygen atoms in total. The maximum atomic E-state index is 11.3. The number of ether oxygens (including phenoxy) is 1. The minimum atomic E-state index is -0.728. The molecule has 0 aromatic heterocycles. The van der Waals surface area contributed by atoms with Crippen molar-refractivity contribution in [2.45, 2.75) is 32.0 Å². The van der Waals surface area contributed by atoms with Crippen molar-refractivity contribution in [2.24, 2.45) is 5.41 Å². The summed E-state index contributed by atoms with van der Waals surface area (Å²) < 4.78 is 4.59. The molecule has 0 aromatic rings. The molecule has 13 heavy (non-hydrogen) atoms. The molecule has 0 bridgehead atoms. The fraction of sp³-hybridized carbons (Fsp3) is 0.778. The Labute approximate surface area is 87.0 Å². The molecule has 0 heterocycles. The van der Waals surface area contributed by atoms with E-state index in [-0.39, 0.29) is 23.0 Å². The third-order valence-electron chi connectivity index (χ3n) is 1.80. The van der Waals surface area contributed by atoms with Crippen molar-refractivity contribution in [2.75, 3.05) is 7.11 Å². The molecule has 1 atom stereocenters. The van der Waals surface area contributed by atoms with E-state index in [0.29, 0.717) is 0 Å². The van der Waals surface area contributed by atoms with Crippen molar-refractivity contribution in [3.63, 3.8) is 0 Å². The Morgan fingerprint density at radius 2 is 1.92 bits per heavy atom. The van der Waals surface area contributed by atoms with Crippen molar-refractivity contribution in [3.8, 4) is 0 Å². The highest BCUT2D eigenvalue weighted by Gasteiger charge is 2.32. The van der Waals surface area contributed by atoms with Crippen LogP contribution in [-0.4, -0.2) is 23.7 Å². The third-order valence-corrected chi connectivity index (χ3v) is 2.31. The normalized spacial score (nSPS) is 13.6. The molecule has 4 heteroatoms. The number of esters is 1. The lowest BCUT2D eigenvalue weighted by Gasteiger charge is -2.20. The molecule has 0 saturated heterocycles. The van der Waals surface area contributed by atoms with Crippen LogP contribution in [0.1, 0.15) is 27.2 Å². The van der Waals surface area contributed by atoms with Crippen LogP contribution < -0.4 is 0 Å². The molecule has 0 spiro atoms. The van der Waals surface area contributed by atoms with Crippen molar-refractivity contribution < 1.29 is 14.3 Å². The van der Waals surface area contributed by atoms with Gasteiger partial charge in [-0.25, -0.2) is 0 Å². The highest BCUT2D eigenvalue weighted by molar-refractivity contribution is 9.10. The summed E-state index contributed by atoms with van der Waals surface area (Å²) in [5.41, 5.74) is -0.728. The molecule has 0 amide bonds. The molecular formula is C9H15BrO3. The van der Waals surface area contributed by atoms with Crippen LogP contribution in [0.15, 0.2) is 0 Å². The van der Waals surface area contributed by atoms with Gasteiger partial charge in [0.25, 0.3) is 0 Å². The van der Waals surface area contributed by atoms with E-state index in [1.807, 2.05) is 0 Å². The third kappa shape index (κ3) is 3.89. The Morgan fingerprint density at radius 3 is 2.23 bits per heavy atom. The van der Waals surface area contributed by atoms with Gasteiger partial charge in [0, 0.05) is 6.42 Å². The summed E-state index contributed by atoms with van der Waals surface area (Å²) in [5, 5.41) is 0. The number of alkyl halides is 1. The number of ketones is 1. The standard InChI is InChI=1S/C9H15BrO3/c1-6(10)7(11)5-9(2,3)8(12)13-4/h6H,5H2,1-4H3. The fourth-order valence-electron chi connectivity index (χ4n) is 0.925. The summed E-state index contributed by atoms with van der Waals surface area (Å²) in [5.74, 6) is -0.343. The van der Waals surface area contributed by atoms with Gasteiger partial charge in [0.1, 0.15) is 5.78 Å². The summed E-state index contributed by atoms with van der Waals surface area (Å²) in [6.45, 7) is 5.15. The zero-order valence-electron chi connectivity index (χ0n) is 8.39. The molecule has 0 aliphatic carbocycles. The molecule has 0 fully saturated rings. The predicted octanol–water partition coefficient (Wildman–Crippen LogP) is 1.93. The Kier molecular flexibility index (Phi) is 4.61. The lowest BCUT2D eigenvalue weighted by atomic mass is 9.87. The van der Waals surface area contributed by atoms with E-state index in [1.54, 1.807) is 20.8 Å². The number of rotatable bonds is 4. The van der Waals surface area contributed by atoms with Crippen LogP contribution in [0.2, 0.25) is 0 Å². The van der Waals surface area contributed by atoms with Crippen LogP contribution in [0.4, 0.5) is 0 Å². The average Bonchev–Trinajstić information content (AvgIpc) is 2.01. The van der Waals surface area contributed by atoms with Crippen molar-refractivity contribution in [3.05, 3.63) is 0 Å². The van der Waals surface area contributed by atoms with E-state index < -0.39 is 5.41 Å². The number of Topliss-reactive ketones (excluding diaryl/α,β-unsaturated/α-hetero) is 1. The molecular weight excluding hydrogens is 236 g/mol. The first-order chi connectivity index (χ1) is 5.81. The Morgan fingerprint density at radius 1 is 1.46 bits per heavy atom. The highest BCUT2D eigenvalue weighted by Crippen LogP contribution is 2.24. The van der Waals surface area contributed by atoms with Gasteiger partial charge in [-0.05, 0) is 20.8 Å². The molecule has 0 N–H and O–H groups in total. The number of hydrogen-bond acceptors (Lipinski definition) is 3. The van der Waals surface area contributed by atoms with Gasteiger partial charge in [0.15, 0.2) is 0 Å². The fourth-order valence-corrected chi connectivity index (χ4v) is 1.09. The second-order valence-corrected chi connectivity index (χ2v) is 5.01. The van der Waals surface area contributed by atoms with Crippen molar-refractivity contribution in [1.29, 1.82) is 0 Å². The van der Waals surface area contributed by atoms with Crippen LogP contribution in [0.25, 0.3) is 0 Å². The van der Waals surface area contributed by atoms with E-state index in [9.17, 15) is 9.59 Å². The molecule has 76 valence electrons. The monoisotopic (exact) mass is 250 g/mol. The Hall–Kier alpha value is -0.380. The van der Waals surface area contributed by atoms with E-state index in [4.69, 9.17) is 0 Å². The minimum Gasteiger partial charge on any atom is -0.469 e. The first-order valence-corrected chi connectivity index (χ1v) is 4.98. The lowest BCUT2D eigenvalue weighted by Crippen LogP contribution is -2.30. The van der Waals surface area contributed by atoms with E-state index in [2.05, 4.69) is 20.7 Å². The van der Waals surface area contributed by atoms with Crippen LogP contribution >= 0.6 is 15.9 Å². The summed E-state index contributed by atoms with van der Waals surface area (Å²) in [6.07, 6.45) is 0.200. The second-order valence-electron chi connectivity index (χ2n) is 3.63. The van der Waals surface area contributed by atoms with Crippen LogP contribution in [0, 0.1) is 5.41 Å². The first kappa shape index (κ1) is 12.6. The maximum absolute atomic E-state index is 11.3. The van der Waals surface area contributed by atoms with Gasteiger partial charge in [-0.3, -0.25) is 9.59 Å². The number of halogens is 1. The second kappa shape index (κ2) is 4.74. The van der Waals surface area contributed by atoms with Gasteiger partial charge in [0.05, 0.1) is 17.4 Å². The highest BCUT2D eigenvalue weighted by atomic mass is 79.9. The molecule has 1 unspecified atom stereocenters. The molecule has 0 rings (SSSR count). The molecule has 0 saturated carbocycles. The van der Waals surface area contributed by atoms with E-state index in [1.165, 1.54) is 7.11 Å². The van der Waals surface area contributed by atoms with Crippen LogP contribution in [0.5, 0.6) is 0 Å².